The van der Waals surface area contributed by atoms with Crippen molar-refractivity contribution in [1.82, 2.24) is 24.5 Å². The molecule has 4 aromatic rings. The zero-order chi connectivity index (χ0) is 22.2. The van der Waals surface area contributed by atoms with Gasteiger partial charge in [-0.25, -0.2) is 13.8 Å². The normalized spacial score (nSPS) is 16.8. The molecule has 1 aliphatic rings. The Hall–Kier alpha value is -3.53. The summed E-state index contributed by atoms with van der Waals surface area (Å²) in [6.45, 7) is 1.87. The number of aromatic nitrogens is 4. The third kappa shape index (κ3) is 3.77. The van der Waals surface area contributed by atoms with Gasteiger partial charge in [-0.2, -0.15) is 9.50 Å². The lowest BCUT2D eigenvalue weighted by molar-refractivity contribution is 0.244. The average Bonchev–Trinajstić information content (AvgIpc) is 3.52. The van der Waals surface area contributed by atoms with E-state index in [1.807, 2.05) is 18.0 Å². The molecular formula is C22H23F2N7O. The Bertz CT molecular complexity index is 1240. The second-order valence-electron chi connectivity index (χ2n) is 8.02. The first-order valence-corrected chi connectivity index (χ1v) is 10.4. The molecule has 32 heavy (non-hydrogen) atoms. The van der Waals surface area contributed by atoms with Crippen LogP contribution < -0.4 is 10.6 Å². The van der Waals surface area contributed by atoms with Gasteiger partial charge in [0.25, 0.3) is 0 Å². The zero-order valence-electron chi connectivity index (χ0n) is 17.6. The maximum atomic E-state index is 14.1. The highest BCUT2D eigenvalue weighted by atomic mass is 19.2. The van der Waals surface area contributed by atoms with Crippen molar-refractivity contribution >= 4 is 17.4 Å². The molecule has 4 heterocycles. The number of benzene rings is 1. The number of fused-ring (bicyclic) bond motifs is 1. The van der Waals surface area contributed by atoms with Gasteiger partial charge < -0.3 is 15.1 Å². The molecule has 1 fully saturated rings. The number of furan rings is 1. The smallest absolute Gasteiger partial charge is 0.225 e. The molecule has 10 heteroatoms. The van der Waals surface area contributed by atoms with E-state index < -0.39 is 11.6 Å². The summed E-state index contributed by atoms with van der Waals surface area (Å²) in [5.41, 5.74) is 7.07. The lowest BCUT2D eigenvalue weighted by Crippen LogP contribution is -2.39. The first-order valence-electron chi connectivity index (χ1n) is 10.4. The van der Waals surface area contributed by atoms with E-state index in [1.54, 1.807) is 30.5 Å². The second kappa shape index (κ2) is 8.19. The second-order valence-corrected chi connectivity index (χ2v) is 8.02. The lowest BCUT2D eigenvalue weighted by Gasteiger charge is -2.29. The molecule has 0 aliphatic carbocycles. The van der Waals surface area contributed by atoms with Gasteiger partial charge in [0.1, 0.15) is 5.82 Å². The van der Waals surface area contributed by atoms with Gasteiger partial charge in [0.2, 0.25) is 11.8 Å². The molecule has 1 atom stereocenters. The van der Waals surface area contributed by atoms with Crippen LogP contribution in [0.25, 0.3) is 17.2 Å². The van der Waals surface area contributed by atoms with Crippen molar-refractivity contribution < 1.29 is 13.2 Å². The maximum absolute atomic E-state index is 14.1. The van der Waals surface area contributed by atoms with E-state index in [2.05, 4.69) is 20.0 Å². The van der Waals surface area contributed by atoms with Crippen LogP contribution in [0.2, 0.25) is 0 Å². The van der Waals surface area contributed by atoms with E-state index in [0.717, 1.165) is 25.5 Å². The van der Waals surface area contributed by atoms with Crippen LogP contribution in [0.1, 0.15) is 18.4 Å². The summed E-state index contributed by atoms with van der Waals surface area (Å²) in [6.07, 6.45) is 3.53. The highest BCUT2D eigenvalue weighted by Crippen LogP contribution is 2.25. The summed E-state index contributed by atoms with van der Waals surface area (Å²) in [6, 6.07) is 9.87. The fourth-order valence-electron chi connectivity index (χ4n) is 4.21. The fraction of sp³-hybridized carbons (Fsp3) is 0.318. The number of nitrogens with two attached hydrogens (primary N) is 1. The molecule has 0 radical (unpaired) electrons. The molecule has 2 N–H and O–H groups in total. The van der Waals surface area contributed by atoms with Crippen molar-refractivity contribution in [1.29, 1.82) is 0 Å². The van der Waals surface area contributed by atoms with Gasteiger partial charge in [-0.1, -0.05) is 12.1 Å². The van der Waals surface area contributed by atoms with Gasteiger partial charge in [0.15, 0.2) is 23.0 Å². The highest BCUT2D eigenvalue weighted by Gasteiger charge is 2.27. The van der Waals surface area contributed by atoms with Crippen molar-refractivity contribution in [2.75, 3.05) is 30.8 Å². The van der Waals surface area contributed by atoms with E-state index in [4.69, 9.17) is 10.2 Å². The molecule has 1 aliphatic heterocycles. The number of anilines is 2. The Kier molecular flexibility index (Phi) is 5.22. The molecule has 0 saturated carbocycles. The monoisotopic (exact) mass is 439 g/mol. The maximum Gasteiger partial charge on any atom is 0.225 e. The van der Waals surface area contributed by atoms with Gasteiger partial charge in [-0.3, -0.25) is 4.90 Å². The Morgan fingerprint density at radius 2 is 2.09 bits per heavy atom. The highest BCUT2D eigenvalue weighted by molar-refractivity contribution is 5.59. The Balaban J connectivity index is 1.34. The predicted molar refractivity (Wildman–Crippen MR) is 116 cm³/mol. The predicted octanol–water partition coefficient (Wildman–Crippen LogP) is 3.35. The quantitative estimate of drug-likeness (QED) is 0.493. The summed E-state index contributed by atoms with van der Waals surface area (Å²) in [7, 11) is 1.93. The molecule has 0 bridgehead atoms. The van der Waals surface area contributed by atoms with Crippen molar-refractivity contribution in [3.63, 3.8) is 0 Å². The summed E-state index contributed by atoms with van der Waals surface area (Å²) in [5.74, 6) is 0.282. The Labute approximate surface area is 183 Å². The van der Waals surface area contributed by atoms with E-state index in [0.29, 0.717) is 41.7 Å². The van der Waals surface area contributed by atoms with E-state index in [9.17, 15) is 8.78 Å². The number of nitrogens with zero attached hydrogens (tertiary/aromatic N) is 6. The van der Waals surface area contributed by atoms with Gasteiger partial charge in [0.05, 0.1) is 6.26 Å². The summed E-state index contributed by atoms with van der Waals surface area (Å²) in [4.78, 5) is 13.2. The summed E-state index contributed by atoms with van der Waals surface area (Å²) >= 11 is 0. The number of hydrogen-bond acceptors (Lipinski definition) is 7. The van der Waals surface area contributed by atoms with Crippen LogP contribution in [0.4, 0.5) is 20.5 Å². The van der Waals surface area contributed by atoms with Gasteiger partial charge in [-0.05, 0) is 37.6 Å². The minimum Gasteiger partial charge on any atom is -0.461 e. The molecule has 1 aromatic carbocycles. The van der Waals surface area contributed by atoms with Crippen LogP contribution in [0.5, 0.6) is 0 Å². The fourth-order valence-corrected chi connectivity index (χ4v) is 4.21. The average molecular weight is 439 g/mol. The molecule has 0 amide bonds. The largest absolute Gasteiger partial charge is 0.461 e. The number of hydrogen-bond donors (Lipinski definition) is 1. The number of nitrogen functional groups attached to an aromatic ring is 1. The molecule has 5 rings (SSSR count). The van der Waals surface area contributed by atoms with Crippen molar-refractivity contribution in [3.8, 4) is 11.6 Å². The summed E-state index contributed by atoms with van der Waals surface area (Å²) < 4.78 is 34.6. The zero-order valence-corrected chi connectivity index (χ0v) is 17.6. The first kappa shape index (κ1) is 20.4. The molecule has 3 aromatic heterocycles. The van der Waals surface area contributed by atoms with Crippen molar-refractivity contribution in [2.24, 2.45) is 0 Å². The van der Waals surface area contributed by atoms with Gasteiger partial charge >= 0.3 is 0 Å². The number of likely N-dealkylation sites (tertiary alicyclic amines) is 1. The van der Waals surface area contributed by atoms with Crippen LogP contribution in [0.3, 0.4) is 0 Å². The van der Waals surface area contributed by atoms with Crippen molar-refractivity contribution in [3.05, 3.63) is 59.9 Å². The lowest BCUT2D eigenvalue weighted by atomic mass is 10.1. The number of halogens is 2. The molecule has 1 unspecified atom stereocenters. The SMILES string of the molecule is CN(CC1CCCN1Cc1cccc(F)c1F)c1cc2nc(-c3ccco3)nn2c(N)n1. The van der Waals surface area contributed by atoms with Crippen LogP contribution in [-0.2, 0) is 6.54 Å². The van der Waals surface area contributed by atoms with E-state index in [-0.39, 0.29) is 12.0 Å². The van der Waals surface area contributed by atoms with Crippen LogP contribution in [0.15, 0.2) is 47.1 Å². The topological polar surface area (TPSA) is 88.7 Å². The number of likely N-dealkylation sites (N-methyl/N-ethyl adjacent to an activating group) is 1. The van der Waals surface area contributed by atoms with Gasteiger partial charge in [0, 0.05) is 37.8 Å². The van der Waals surface area contributed by atoms with Crippen molar-refractivity contribution in [2.45, 2.75) is 25.4 Å². The minimum absolute atomic E-state index is 0.179. The Morgan fingerprint density at radius 1 is 1.22 bits per heavy atom. The molecule has 166 valence electrons. The third-order valence-electron chi connectivity index (χ3n) is 5.86. The standard InChI is InChI=1S/C22H23F2N7O/c1-29(13-15-6-3-9-30(15)12-14-5-2-7-16(23)20(14)24)18-11-19-26-21(17-8-4-10-32-17)28-31(19)22(25)27-18/h2,4-5,7-8,10-11,15H,3,6,9,12-13H2,1H3,(H2,25,27). The first-order chi connectivity index (χ1) is 15.5. The van der Waals surface area contributed by atoms with Crippen LogP contribution in [-0.4, -0.2) is 50.7 Å². The molecule has 0 spiro atoms. The minimum atomic E-state index is -0.814. The molecule has 1 saturated heterocycles. The van der Waals surface area contributed by atoms with Crippen LogP contribution in [0, 0.1) is 11.6 Å². The molecular weight excluding hydrogens is 416 g/mol. The Morgan fingerprint density at radius 3 is 2.91 bits per heavy atom. The van der Waals surface area contributed by atoms with E-state index in [1.165, 1.54) is 4.52 Å². The number of rotatable bonds is 6. The third-order valence-corrected chi connectivity index (χ3v) is 5.86. The van der Waals surface area contributed by atoms with E-state index >= 15 is 0 Å². The molecule has 8 nitrogen and oxygen atoms in total. The summed E-state index contributed by atoms with van der Waals surface area (Å²) in [5, 5.41) is 4.36. The van der Waals surface area contributed by atoms with Crippen LogP contribution >= 0.6 is 0 Å². The van der Waals surface area contributed by atoms with Gasteiger partial charge in [-0.15, -0.1) is 5.10 Å².